The van der Waals surface area contributed by atoms with Crippen molar-refractivity contribution in [1.29, 1.82) is 0 Å². The SMILES string of the molecule is C[C@@H]1Nc2nnnn2[C@H](c2ccc(Cl)cc2)[C@@H]1C(=O)Nc1ccccc1. The number of amides is 1. The summed E-state index contributed by atoms with van der Waals surface area (Å²) in [5.41, 5.74) is 1.67. The fourth-order valence-corrected chi connectivity index (χ4v) is 3.45. The van der Waals surface area contributed by atoms with Gasteiger partial charge in [0.15, 0.2) is 0 Å². The monoisotopic (exact) mass is 368 g/mol. The molecule has 0 saturated heterocycles. The van der Waals surface area contributed by atoms with Crippen LogP contribution < -0.4 is 10.6 Å². The zero-order valence-corrected chi connectivity index (χ0v) is 14.8. The first kappa shape index (κ1) is 16.5. The molecule has 2 heterocycles. The average Bonchev–Trinajstić information content (AvgIpc) is 3.10. The maximum Gasteiger partial charge on any atom is 0.243 e. The summed E-state index contributed by atoms with van der Waals surface area (Å²) in [7, 11) is 0. The van der Waals surface area contributed by atoms with Crippen LogP contribution in [0.15, 0.2) is 54.6 Å². The van der Waals surface area contributed by atoms with Crippen molar-refractivity contribution >= 4 is 29.1 Å². The molecule has 0 radical (unpaired) electrons. The van der Waals surface area contributed by atoms with E-state index in [1.807, 2.05) is 49.4 Å². The number of hydrogen-bond donors (Lipinski definition) is 2. The first-order chi connectivity index (χ1) is 12.6. The van der Waals surface area contributed by atoms with Gasteiger partial charge in [0.25, 0.3) is 0 Å². The third-order valence-corrected chi connectivity index (χ3v) is 4.80. The summed E-state index contributed by atoms with van der Waals surface area (Å²) in [6.07, 6.45) is 0. The molecular formula is C18H17ClN6O. The largest absolute Gasteiger partial charge is 0.350 e. The highest BCUT2D eigenvalue weighted by atomic mass is 35.5. The highest BCUT2D eigenvalue weighted by Crippen LogP contribution is 2.36. The van der Waals surface area contributed by atoms with E-state index < -0.39 is 5.92 Å². The first-order valence-electron chi connectivity index (χ1n) is 8.29. The second-order valence-electron chi connectivity index (χ2n) is 6.26. The van der Waals surface area contributed by atoms with Crippen LogP contribution in [0.2, 0.25) is 5.02 Å². The molecule has 0 saturated carbocycles. The molecule has 2 N–H and O–H groups in total. The van der Waals surface area contributed by atoms with Crippen molar-refractivity contribution in [3.63, 3.8) is 0 Å². The Bertz CT molecular complexity index is 911. The Morgan fingerprint density at radius 1 is 1.15 bits per heavy atom. The van der Waals surface area contributed by atoms with Gasteiger partial charge in [-0.3, -0.25) is 4.79 Å². The number of nitrogens with zero attached hydrogens (tertiary/aromatic N) is 4. The zero-order chi connectivity index (χ0) is 18.1. The van der Waals surface area contributed by atoms with Crippen molar-refractivity contribution < 1.29 is 4.79 Å². The summed E-state index contributed by atoms with van der Waals surface area (Å²) in [5, 5.41) is 18.7. The smallest absolute Gasteiger partial charge is 0.243 e. The summed E-state index contributed by atoms with van der Waals surface area (Å²) < 4.78 is 1.65. The Hall–Kier alpha value is -2.93. The molecule has 1 amide bonds. The van der Waals surface area contributed by atoms with E-state index in [1.54, 1.807) is 16.8 Å². The number of carbonyl (C=O) groups excluding carboxylic acids is 1. The highest BCUT2D eigenvalue weighted by molar-refractivity contribution is 6.30. The van der Waals surface area contributed by atoms with Gasteiger partial charge in [-0.1, -0.05) is 47.0 Å². The molecule has 0 fully saturated rings. The molecule has 0 bridgehead atoms. The molecule has 0 aliphatic carbocycles. The van der Waals surface area contributed by atoms with Gasteiger partial charge in [-0.15, -0.1) is 0 Å². The number of tetrazole rings is 1. The van der Waals surface area contributed by atoms with Crippen molar-refractivity contribution in [1.82, 2.24) is 20.2 Å². The molecule has 26 heavy (non-hydrogen) atoms. The molecule has 132 valence electrons. The number of hydrogen-bond acceptors (Lipinski definition) is 5. The van der Waals surface area contributed by atoms with E-state index in [-0.39, 0.29) is 18.0 Å². The molecule has 2 aromatic carbocycles. The van der Waals surface area contributed by atoms with Crippen molar-refractivity contribution in [2.75, 3.05) is 10.6 Å². The Morgan fingerprint density at radius 3 is 2.62 bits per heavy atom. The minimum atomic E-state index is -0.410. The molecule has 3 aromatic rings. The van der Waals surface area contributed by atoms with E-state index in [4.69, 9.17) is 11.6 Å². The minimum absolute atomic E-state index is 0.0997. The molecule has 8 heteroatoms. The lowest BCUT2D eigenvalue weighted by molar-refractivity contribution is -0.121. The number of para-hydroxylation sites is 1. The van der Waals surface area contributed by atoms with E-state index >= 15 is 0 Å². The number of aromatic nitrogens is 4. The van der Waals surface area contributed by atoms with Gasteiger partial charge in [0, 0.05) is 16.8 Å². The Morgan fingerprint density at radius 2 is 1.88 bits per heavy atom. The van der Waals surface area contributed by atoms with Crippen molar-refractivity contribution in [3.8, 4) is 0 Å². The Balaban J connectivity index is 1.73. The average molecular weight is 369 g/mol. The maximum absolute atomic E-state index is 13.1. The number of carbonyl (C=O) groups is 1. The molecule has 1 aliphatic heterocycles. The summed E-state index contributed by atoms with van der Waals surface area (Å²) in [6.45, 7) is 1.95. The van der Waals surface area contributed by atoms with Gasteiger partial charge in [0.05, 0.1) is 12.0 Å². The third kappa shape index (κ3) is 3.01. The van der Waals surface area contributed by atoms with Crippen LogP contribution in [-0.2, 0) is 4.79 Å². The number of nitrogens with one attached hydrogen (secondary N) is 2. The molecule has 1 aromatic heterocycles. The second kappa shape index (κ2) is 6.76. The zero-order valence-electron chi connectivity index (χ0n) is 14.0. The Labute approximate surface area is 155 Å². The number of halogens is 1. The number of benzene rings is 2. The predicted octanol–water partition coefficient (Wildman–Crippen LogP) is 2.98. The van der Waals surface area contributed by atoms with Gasteiger partial charge >= 0.3 is 0 Å². The number of anilines is 2. The van der Waals surface area contributed by atoms with Gasteiger partial charge in [-0.25, -0.2) is 4.68 Å². The number of rotatable bonds is 3. The summed E-state index contributed by atoms with van der Waals surface area (Å²) in [4.78, 5) is 13.1. The fraction of sp³-hybridized carbons (Fsp3) is 0.222. The lowest BCUT2D eigenvalue weighted by Crippen LogP contribution is -2.46. The second-order valence-corrected chi connectivity index (χ2v) is 6.69. The van der Waals surface area contributed by atoms with Crippen LogP contribution in [0.4, 0.5) is 11.6 Å². The molecular weight excluding hydrogens is 352 g/mol. The van der Waals surface area contributed by atoms with Crippen molar-refractivity contribution in [2.45, 2.75) is 19.0 Å². The van der Waals surface area contributed by atoms with Gasteiger partial charge in [0.1, 0.15) is 0 Å². The van der Waals surface area contributed by atoms with Crippen LogP contribution >= 0.6 is 11.6 Å². The third-order valence-electron chi connectivity index (χ3n) is 4.55. The van der Waals surface area contributed by atoms with Crippen molar-refractivity contribution in [3.05, 3.63) is 65.2 Å². The lowest BCUT2D eigenvalue weighted by Gasteiger charge is -2.36. The normalized spacial score (nSPS) is 21.5. The molecule has 0 unspecified atom stereocenters. The molecule has 4 rings (SSSR count). The topological polar surface area (TPSA) is 84.7 Å². The van der Waals surface area contributed by atoms with Gasteiger partial charge in [-0.2, -0.15) is 0 Å². The van der Waals surface area contributed by atoms with Crippen LogP contribution in [0.1, 0.15) is 18.5 Å². The van der Waals surface area contributed by atoms with E-state index in [9.17, 15) is 4.79 Å². The standard InChI is InChI=1S/C18H17ClN6O/c1-11-15(17(26)21-14-5-3-2-4-6-14)16(12-7-9-13(19)10-8-12)25-18(20-11)22-23-24-25/h2-11,15-16H,1H3,(H,21,26)(H,20,22,24)/t11-,15+,16+/m0/s1. The number of fused-ring (bicyclic) bond motifs is 1. The Kier molecular flexibility index (Phi) is 4.30. The van der Waals surface area contributed by atoms with E-state index in [0.29, 0.717) is 11.0 Å². The van der Waals surface area contributed by atoms with Gasteiger partial charge in [-0.05, 0) is 47.2 Å². The minimum Gasteiger partial charge on any atom is -0.350 e. The summed E-state index contributed by atoms with van der Waals surface area (Å²) in [5.74, 6) is 0.0332. The van der Waals surface area contributed by atoms with Gasteiger partial charge < -0.3 is 10.6 Å². The molecule has 0 spiro atoms. The quantitative estimate of drug-likeness (QED) is 0.742. The lowest BCUT2D eigenvalue weighted by atomic mass is 9.85. The molecule has 7 nitrogen and oxygen atoms in total. The van der Waals surface area contributed by atoms with Crippen LogP contribution in [0.5, 0.6) is 0 Å². The van der Waals surface area contributed by atoms with Crippen LogP contribution in [0.25, 0.3) is 0 Å². The molecule has 3 atom stereocenters. The maximum atomic E-state index is 13.1. The molecule has 1 aliphatic rings. The summed E-state index contributed by atoms with van der Waals surface area (Å²) >= 11 is 6.03. The van der Waals surface area contributed by atoms with Crippen LogP contribution in [-0.4, -0.2) is 32.2 Å². The van der Waals surface area contributed by atoms with Crippen LogP contribution in [0.3, 0.4) is 0 Å². The van der Waals surface area contributed by atoms with Crippen LogP contribution in [0, 0.1) is 5.92 Å². The van der Waals surface area contributed by atoms with E-state index in [2.05, 4.69) is 26.2 Å². The highest BCUT2D eigenvalue weighted by Gasteiger charge is 2.41. The first-order valence-corrected chi connectivity index (χ1v) is 8.67. The van der Waals surface area contributed by atoms with Crippen molar-refractivity contribution in [2.24, 2.45) is 5.92 Å². The van der Waals surface area contributed by atoms with Gasteiger partial charge in [0.2, 0.25) is 11.9 Å². The van der Waals surface area contributed by atoms with E-state index in [1.165, 1.54) is 0 Å². The fourth-order valence-electron chi connectivity index (χ4n) is 3.32. The van der Waals surface area contributed by atoms with E-state index in [0.717, 1.165) is 11.3 Å². The predicted molar refractivity (Wildman–Crippen MR) is 99.1 cm³/mol. The summed E-state index contributed by atoms with van der Waals surface area (Å²) in [6, 6.07) is 16.3.